The van der Waals surface area contributed by atoms with Gasteiger partial charge in [0.1, 0.15) is 12.4 Å². The first-order chi connectivity index (χ1) is 11.4. The van der Waals surface area contributed by atoms with Gasteiger partial charge in [-0.1, -0.05) is 36.4 Å². The molecule has 0 amide bonds. The van der Waals surface area contributed by atoms with Gasteiger partial charge in [0, 0.05) is 0 Å². The Morgan fingerprint density at radius 2 is 1.92 bits per heavy atom. The number of carbonyl (C=O) groups excluding carboxylic acids is 1. The minimum absolute atomic E-state index is 0.0594. The summed E-state index contributed by atoms with van der Waals surface area (Å²) in [6.07, 6.45) is 3.37. The van der Waals surface area contributed by atoms with Crippen LogP contribution in [0.15, 0.2) is 59.5 Å². The number of rotatable bonds is 6. The predicted molar refractivity (Wildman–Crippen MR) is 88.4 cm³/mol. The molecular weight excluding hydrogens is 333 g/mol. The number of hydrogen-bond donors (Lipinski definition) is 1. The van der Waals surface area contributed by atoms with Crippen LogP contribution in [-0.2, 0) is 14.8 Å². The van der Waals surface area contributed by atoms with E-state index in [0.29, 0.717) is 0 Å². The number of benzene rings is 2. The second-order valence-corrected chi connectivity index (χ2v) is 6.65. The summed E-state index contributed by atoms with van der Waals surface area (Å²) in [4.78, 5) is 11.7. The summed E-state index contributed by atoms with van der Waals surface area (Å²) in [6.45, 7) is -0.0594. The van der Waals surface area contributed by atoms with E-state index in [-0.39, 0.29) is 11.5 Å². The molecule has 126 valence electrons. The third-order valence-electron chi connectivity index (χ3n) is 3.16. The highest BCUT2D eigenvalue weighted by Crippen LogP contribution is 2.16. The second-order valence-electron chi connectivity index (χ2n) is 4.76. The van der Waals surface area contributed by atoms with E-state index in [1.807, 2.05) is 30.3 Å². The summed E-state index contributed by atoms with van der Waals surface area (Å²) < 4.78 is 44.2. The summed E-state index contributed by atoms with van der Waals surface area (Å²) in [5, 5.41) is 0. The third kappa shape index (κ3) is 4.50. The van der Waals surface area contributed by atoms with E-state index in [0.717, 1.165) is 23.8 Å². The van der Waals surface area contributed by atoms with Crippen LogP contribution in [0.4, 0.5) is 4.39 Å². The van der Waals surface area contributed by atoms with Crippen LogP contribution < -0.4 is 4.72 Å². The lowest BCUT2D eigenvalue weighted by atomic mass is 10.2. The van der Waals surface area contributed by atoms with Crippen molar-refractivity contribution in [1.29, 1.82) is 0 Å². The van der Waals surface area contributed by atoms with Crippen molar-refractivity contribution in [2.75, 3.05) is 13.7 Å². The Labute approximate surface area is 139 Å². The summed E-state index contributed by atoms with van der Waals surface area (Å²) in [5.74, 6) is -1.78. The molecule has 0 bridgehead atoms. The lowest BCUT2D eigenvalue weighted by molar-refractivity contribution is 0.0544. The highest BCUT2D eigenvalue weighted by molar-refractivity contribution is 7.89. The molecule has 0 aliphatic heterocycles. The van der Waals surface area contributed by atoms with Gasteiger partial charge in [0.15, 0.2) is 0 Å². The molecule has 2 rings (SSSR count). The molecule has 2 aromatic carbocycles. The average molecular weight is 349 g/mol. The van der Waals surface area contributed by atoms with E-state index in [2.05, 4.69) is 4.72 Å². The van der Waals surface area contributed by atoms with Crippen molar-refractivity contribution in [2.24, 2.45) is 0 Å². The molecule has 24 heavy (non-hydrogen) atoms. The number of hydrogen-bond acceptors (Lipinski definition) is 4. The minimum Gasteiger partial charge on any atom is -0.458 e. The molecule has 0 heterocycles. The molecule has 0 spiro atoms. The zero-order chi connectivity index (χ0) is 17.6. The van der Waals surface area contributed by atoms with Crippen molar-refractivity contribution in [1.82, 2.24) is 4.72 Å². The van der Waals surface area contributed by atoms with Gasteiger partial charge in [-0.25, -0.2) is 22.3 Å². The maximum absolute atomic E-state index is 13.8. The maximum atomic E-state index is 13.8. The molecule has 0 saturated heterocycles. The molecule has 0 saturated carbocycles. The van der Waals surface area contributed by atoms with Crippen LogP contribution in [0.3, 0.4) is 0 Å². The van der Waals surface area contributed by atoms with Gasteiger partial charge < -0.3 is 4.74 Å². The summed E-state index contributed by atoms with van der Waals surface area (Å²) >= 11 is 0. The average Bonchev–Trinajstić information content (AvgIpc) is 2.59. The molecule has 5 nitrogen and oxygen atoms in total. The number of sulfonamides is 1. The monoisotopic (exact) mass is 349 g/mol. The third-order valence-corrected chi connectivity index (χ3v) is 4.57. The van der Waals surface area contributed by atoms with Gasteiger partial charge in [0.25, 0.3) is 0 Å². The molecule has 0 radical (unpaired) electrons. The SMILES string of the molecule is CNS(=O)(=O)c1ccc(F)c(C(=O)OCC=Cc2ccccc2)c1. The first-order valence-corrected chi connectivity index (χ1v) is 8.54. The fourth-order valence-electron chi connectivity index (χ4n) is 1.90. The summed E-state index contributed by atoms with van der Waals surface area (Å²) in [5.41, 5.74) is 0.501. The molecular formula is C17H16FNO4S. The molecule has 0 fully saturated rings. The number of nitrogens with one attached hydrogen (secondary N) is 1. The number of halogens is 1. The highest BCUT2D eigenvalue weighted by Gasteiger charge is 2.18. The van der Waals surface area contributed by atoms with Gasteiger partial charge in [0.2, 0.25) is 10.0 Å². The Morgan fingerprint density at radius 3 is 2.58 bits per heavy atom. The van der Waals surface area contributed by atoms with Crippen LogP contribution >= 0.6 is 0 Å². The van der Waals surface area contributed by atoms with Gasteiger partial charge in [-0.3, -0.25) is 0 Å². The summed E-state index contributed by atoms with van der Waals surface area (Å²) in [6, 6.07) is 12.3. The van der Waals surface area contributed by atoms with Gasteiger partial charge >= 0.3 is 5.97 Å². The van der Waals surface area contributed by atoms with E-state index < -0.39 is 27.4 Å². The van der Waals surface area contributed by atoms with Gasteiger partial charge in [-0.15, -0.1) is 0 Å². The molecule has 7 heteroatoms. The number of esters is 1. The van der Waals surface area contributed by atoms with Crippen molar-refractivity contribution < 1.29 is 22.3 Å². The van der Waals surface area contributed by atoms with E-state index in [1.165, 1.54) is 7.05 Å². The van der Waals surface area contributed by atoms with E-state index in [1.54, 1.807) is 12.2 Å². The van der Waals surface area contributed by atoms with Crippen LogP contribution in [0.5, 0.6) is 0 Å². The predicted octanol–water partition coefficient (Wildman–Crippen LogP) is 2.60. The molecule has 0 aliphatic rings. The zero-order valence-electron chi connectivity index (χ0n) is 12.9. The topological polar surface area (TPSA) is 72.5 Å². The Balaban J connectivity index is 2.07. The first-order valence-electron chi connectivity index (χ1n) is 7.06. The van der Waals surface area contributed by atoms with E-state index in [4.69, 9.17) is 4.74 Å². The Hall–Kier alpha value is -2.51. The van der Waals surface area contributed by atoms with Crippen LogP contribution in [0.25, 0.3) is 6.08 Å². The van der Waals surface area contributed by atoms with Gasteiger partial charge in [-0.2, -0.15) is 0 Å². The molecule has 1 N–H and O–H groups in total. The van der Waals surface area contributed by atoms with Crippen molar-refractivity contribution in [3.8, 4) is 0 Å². The molecule has 0 unspecified atom stereocenters. The smallest absolute Gasteiger partial charge is 0.341 e. The number of ether oxygens (including phenoxy) is 1. The van der Waals surface area contributed by atoms with Crippen LogP contribution in [-0.4, -0.2) is 28.0 Å². The Bertz CT molecular complexity index is 848. The lowest BCUT2D eigenvalue weighted by Crippen LogP contribution is -2.19. The summed E-state index contributed by atoms with van der Waals surface area (Å²) in [7, 11) is -2.54. The Kier molecular flexibility index (Phi) is 5.83. The fraction of sp³-hybridized carbons (Fsp3) is 0.118. The van der Waals surface area contributed by atoms with Gasteiger partial charge in [0.05, 0.1) is 10.5 Å². The van der Waals surface area contributed by atoms with E-state index >= 15 is 0 Å². The minimum atomic E-state index is -3.77. The normalized spacial score (nSPS) is 11.6. The molecule has 2 aromatic rings. The van der Waals surface area contributed by atoms with Crippen molar-refractivity contribution in [3.05, 3.63) is 71.6 Å². The quantitative estimate of drug-likeness (QED) is 0.814. The second kappa shape index (κ2) is 7.85. The van der Waals surface area contributed by atoms with Crippen molar-refractivity contribution >= 4 is 22.1 Å². The highest BCUT2D eigenvalue weighted by atomic mass is 32.2. The Morgan fingerprint density at radius 1 is 1.21 bits per heavy atom. The van der Waals surface area contributed by atoms with Crippen molar-refractivity contribution in [2.45, 2.75) is 4.90 Å². The maximum Gasteiger partial charge on any atom is 0.341 e. The molecule has 0 aromatic heterocycles. The molecule has 0 aliphatic carbocycles. The van der Waals surface area contributed by atoms with Crippen LogP contribution in [0, 0.1) is 5.82 Å². The fourth-order valence-corrected chi connectivity index (χ4v) is 2.65. The van der Waals surface area contributed by atoms with Crippen LogP contribution in [0.1, 0.15) is 15.9 Å². The molecule has 0 atom stereocenters. The lowest BCUT2D eigenvalue weighted by Gasteiger charge is -2.07. The zero-order valence-corrected chi connectivity index (χ0v) is 13.7. The standard InChI is InChI=1S/C17H16FNO4S/c1-19-24(21,22)14-9-10-16(18)15(12-14)17(20)23-11-5-8-13-6-3-2-4-7-13/h2-10,12,19H,11H2,1H3. The number of carbonyl (C=O) groups is 1. The van der Waals surface area contributed by atoms with Crippen molar-refractivity contribution in [3.63, 3.8) is 0 Å². The van der Waals surface area contributed by atoms with E-state index in [9.17, 15) is 17.6 Å². The van der Waals surface area contributed by atoms with Gasteiger partial charge in [-0.05, 0) is 36.9 Å². The van der Waals surface area contributed by atoms with Crippen LogP contribution in [0.2, 0.25) is 0 Å². The first kappa shape index (κ1) is 17.8. The largest absolute Gasteiger partial charge is 0.458 e.